The summed E-state index contributed by atoms with van der Waals surface area (Å²) in [5, 5.41) is 12.0. The minimum atomic E-state index is -0.758. The number of furan rings is 1. The molecule has 8 heteroatoms. The molecule has 182 valence electrons. The number of nitrogens with zero attached hydrogens (tertiary/aromatic N) is 1. The van der Waals surface area contributed by atoms with E-state index in [4.69, 9.17) is 25.5 Å². The summed E-state index contributed by atoms with van der Waals surface area (Å²) in [6.07, 6.45) is 4.74. The molecule has 1 unspecified atom stereocenters. The number of Topliss-reactive ketones (excluding diaryl/α,β-unsaturated/α-hetero) is 1. The summed E-state index contributed by atoms with van der Waals surface area (Å²) in [7, 11) is 3.05. The zero-order valence-corrected chi connectivity index (χ0v) is 20.3. The van der Waals surface area contributed by atoms with E-state index in [1.807, 2.05) is 12.1 Å². The van der Waals surface area contributed by atoms with E-state index in [1.165, 1.54) is 7.11 Å². The summed E-state index contributed by atoms with van der Waals surface area (Å²) in [5.41, 5.74) is 1.05. The zero-order chi connectivity index (χ0) is 24.7. The number of benzene rings is 2. The molecule has 1 N–H and O–H groups in total. The Morgan fingerprint density at radius 3 is 2.57 bits per heavy atom. The highest BCUT2D eigenvalue weighted by Crippen LogP contribution is 2.44. The number of aliphatic hydroxyl groups is 1. The summed E-state index contributed by atoms with van der Waals surface area (Å²) in [6.45, 7) is 0. The molecule has 0 radical (unpaired) electrons. The number of aliphatic hydroxyl groups excluding tert-OH is 1. The molecular formula is C27H26ClNO6. The molecule has 0 saturated heterocycles. The number of amides is 1. The first-order valence-corrected chi connectivity index (χ1v) is 12.0. The number of ether oxygens (including phenoxy) is 2. The lowest BCUT2D eigenvalue weighted by Gasteiger charge is -2.36. The Balaban J connectivity index is 1.63. The zero-order valence-electron chi connectivity index (χ0n) is 19.5. The molecule has 1 aromatic heterocycles. The van der Waals surface area contributed by atoms with Gasteiger partial charge in [0, 0.05) is 22.5 Å². The predicted molar refractivity (Wildman–Crippen MR) is 131 cm³/mol. The Bertz CT molecular complexity index is 1340. The summed E-state index contributed by atoms with van der Waals surface area (Å²) in [4.78, 5) is 28.9. The number of rotatable bonds is 6. The minimum absolute atomic E-state index is 0.00190. The van der Waals surface area contributed by atoms with Crippen molar-refractivity contribution in [2.24, 2.45) is 0 Å². The summed E-state index contributed by atoms with van der Waals surface area (Å²) in [5.74, 6) is -0.659. The molecule has 1 aliphatic heterocycles. The van der Waals surface area contributed by atoms with Gasteiger partial charge in [0.1, 0.15) is 5.75 Å². The number of halogens is 1. The fourth-order valence-corrected chi connectivity index (χ4v) is 5.43. The average molecular weight is 496 g/mol. The topological polar surface area (TPSA) is 89.2 Å². The second-order valence-electron chi connectivity index (χ2n) is 8.91. The molecule has 1 saturated carbocycles. The fraction of sp³-hybridized carbons (Fsp3) is 0.333. The van der Waals surface area contributed by atoms with Crippen molar-refractivity contribution in [1.82, 2.24) is 4.90 Å². The van der Waals surface area contributed by atoms with Crippen LogP contribution in [0.5, 0.6) is 11.5 Å². The number of hydrogen-bond donors (Lipinski definition) is 1. The Labute approximate surface area is 207 Å². The predicted octanol–water partition coefficient (Wildman–Crippen LogP) is 6.01. The maximum atomic E-state index is 13.8. The molecule has 2 heterocycles. The van der Waals surface area contributed by atoms with Crippen LogP contribution in [0.25, 0.3) is 11.0 Å². The quantitative estimate of drug-likeness (QED) is 0.421. The number of carbonyl (C=O) groups excluding carboxylic acids is 2. The van der Waals surface area contributed by atoms with Crippen molar-refractivity contribution in [3.05, 3.63) is 70.1 Å². The largest absolute Gasteiger partial charge is 0.503 e. The van der Waals surface area contributed by atoms with Gasteiger partial charge in [-0.05, 0) is 42.7 Å². The smallest absolute Gasteiger partial charge is 0.290 e. The van der Waals surface area contributed by atoms with Crippen LogP contribution in [0.3, 0.4) is 0 Å². The van der Waals surface area contributed by atoms with Gasteiger partial charge in [-0.25, -0.2) is 0 Å². The third kappa shape index (κ3) is 4.04. The van der Waals surface area contributed by atoms with Crippen molar-refractivity contribution in [2.45, 2.75) is 44.2 Å². The number of carbonyl (C=O) groups is 2. The van der Waals surface area contributed by atoms with Gasteiger partial charge in [-0.15, -0.1) is 0 Å². The molecule has 3 aromatic rings. The standard InChI is InChI=1S/C27H26ClNO6/c1-33-19-10-6-7-15(12-19)23-22(25(31)27(32)29(23)18-8-4-3-5-9-18)24(30)20-13-16-11-17(28)14-21(34-2)26(16)35-20/h6-7,10-14,18,23,31H,3-5,8-9H2,1-2H3. The van der Waals surface area contributed by atoms with Gasteiger partial charge in [0.05, 0.1) is 25.8 Å². The average Bonchev–Trinajstić information content (AvgIpc) is 3.42. The number of ketones is 1. The summed E-state index contributed by atoms with van der Waals surface area (Å²) < 4.78 is 16.6. The number of fused-ring (bicyclic) bond motifs is 1. The lowest BCUT2D eigenvalue weighted by Crippen LogP contribution is -2.41. The number of methoxy groups -OCH3 is 2. The van der Waals surface area contributed by atoms with Crippen molar-refractivity contribution in [3.8, 4) is 11.5 Å². The van der Waals surface area contributed by atoms with Crippen molar-refractivity contribution in [3.63, 3.8) is 0 Å². The highest BCUT2D eigenvalue weighted by molar-refractivity contribution is 6.31. The van der Waals surface area contributed by atoms with Gasteiger partial charge < -0.3 is 23.9 Å². The maximum absolute atomic E-state index is 13.8. The molecule has 7 nitrogen and oxygen atoms in total. The van der Waals surface area contributed by atoms with Crippen LogP contribution in [-0.4, -0.2) is 42.0 Å². The summed E-state index contributed by atoms with van der Waals surface area (Å²) >= 11 is 6.18. The molecule has 1 amide bonds. The first-order valence-electron chi connectivity index (χ1n) is 11.6. The lowest BCUT2D eigenvalue weighted by atomic mass is 9.90. The fourth-order valence-electron chi connectivity index (χ4n) is 5.21. The van der Waals surface area contributed by atoms with E-state index in [9.17, 15) is 14.7 Å². The van der Waals surface area contributed by atoms with Crippen molar-refractivity contribution < 1.29 is 28.6 Å². The van der Waals surface area contributed by atoms with Crippen LogP contribution in [0.1, 0.15) is 54.3 Å². The Kier molecular flexibility index (Phi) is 6.19. The van der Waals surface area contributed by atoms with Crippen molar-refractivity contribution in [2.75, 3.05) is 14.2 Å². The minimum Gasteiger partial charge on any atom is -0.503 e. The first kappa shape index (κ1) is 23.3. The Morgan fingerprint density at radius 1 is 1.09 bits per heavy atom. The van der Waals surface area contributed by atoms with E-state index >= 15 is 0 Å². The van der Waals surface area contributed by atoms with Crippen LogP contribution in [0.15, 0.2) is 58.2 Å². The highest BCUT2D eigenvalue weighted by Gasteiger charge is 2.47. The molecule has 2 aliphatic rings. The number of hydrogen-bond acceptors (Lipinski definition) is 6. The van der Waals surface area contributed by atoms with Crippen LogP contribution in [-0.2, 0) is 4.79 Å². The molecular weight excluding hydrogens is 470 g/mol. The van der Waals surface area contributed by atoms with Crippen LogP contribution in [0.2, 0.25) is 5.02 Å². The molecule has 0 bridgehead atoms. The molecule has 1 fully saturated rings. The van der Waals surface area contributed by atoms with Crippen LogP contribution >= 0.6 is 11.6 Å². The molecule has 5 rings (SSSR count). The van der Waals surface area contributed by atoms with Gasteiger partial charge in [0.25, 0.3) is 5.91 Å². The second kappa shape index (κ2) is 9.30. The van der Waals surface area contributed by atoms with E-state index in [0.29, 0.717) is 33.1 Å². The monoisotopic (exact) mass is 495 g/mol. The molecule has 1 aliphatic carbocycles. The van der Waals surface area contributed by atoms with Crippen molar-refractivity contribution >= 4 is 34.3 Å². The van der Waals surface area contributed by atoms with E-state index < -0.39 is 23.5 Å². The SMILES string of the molecule is COc1cccc(C2C(C(=O)c3cc4cc(Cl)cc(OC)c4o3)=C(O)C(=O)N2C2CCCCC2)c1. The summed E-state index contributed by atoms with van der Waals surface area (Å²) in [6, 6.07) is 11.2. The Morgan fingerprint density at radius 2 is 1.86 bits per heavy atom. The normalized spacial score (nSPS) is 19.0. The van der Waals surface area contributed by atoms with Gasteiger partial charge >= 0.3 is 0 Å². The molecule has 1 atom stereocenters. The Hall–Kier alpha value is -3.45. The second-order valence-corrected chi connectivity index (χ2v) is 9.35. The molecule has 2 aromatic carbocycles. The van der Waals surface area contributed by atoms with E-state index in [2.05, 4.69) is 0 Å². The van der Waals surface area contributed by atoms with Gasteiger partial charge in [0.2, 0.25) is 5.78 Å². The third-order valence-corrected chi connectivity index (χ3v) is 7.07. The van der Waals surface area contributed by atoms with E-state index in [-0.39, 0.29) is 17.4 Å². The van der Waals surface area contributed by atoms with Gasteiger partial charge in [-0.2, -0.15) is 0 Å². The van der Waals surface area contributed by atoms with Crippen LogP contribution in [0, 0.1) is 0 Å². The van der Waals surface area contributed by atoms with Crippen LogP contribution in [0.4, 0.5) is 0 Å². The highest BCUT2D eigenvalue weighted by atomic mass is 35.5. The van der Waals surface area contributed by atoms with Gasteiger partial charge in [-0.3, -0.25) is 9.59 Å². The van der Waals surface area contributed by atoms with E-state index in [1.54, 1.807) is 42.3 Å². The van der Waals surface area contributed by atoms with Gasteiger partial charge in [0.15, 0.2) is 22.9 Å². The maximum Gasteiger partial charge on any atom is 0.290 e. The first-order chi connectivity index (χ1) is 16.9. The van der Waals surface area contributed by atoms with Crippen LogP contribution < -0.4 is 9.47 Å². The molecule has 0 spiro atoms. The van der Waals surface area contributed by atoms with E-state index in [0.717, 1.165) is 32.1 Å². The third-order valence-electron chi connectivity index (χ3n) is 6.86. The molecule has 35 heavy (non-hydrogen) atoms. The van der Waals surface area contributed by atoms with Gasteiger partial charge in [-0.1, -0.05) is 43.0 Å². The van der Waals surface area contributed by atoms with Crippen molar-refractivity contribution in [1.29, 1.82) is 0 Å². The lowest BCUT2D eigenvalue weighted by molar-refractivity contribution is -0.132.